The van der Waals surface area contributed by atoms with E-state index in [-0.39, 0.29) is 12.0 Å². The molecule has 1 saturated heterocycles. The Morgan fingerprint density at radius 2 is 2.40 bits per heavy atom. The first kappa shape index (κ1) is 12.8. The Kier molecular flexibility index (Phi) is 6.10. The van der Waals surface area contributed by atoms with Gasteiger partial charge in [0.2, 0.25) is 5.91 Å². The second-order valence-electron chi connectivity index (χ2n) is 4.04. The van der Waals surface area contributed by atoms with Crippen LogP contribution in [0.15, 0.2) is 0 Å². The molecule has 0 saturated carbocycles. The Labute approximate surface area is 96.2 Å². The van der Waals surface area contributed by atoms with E-state index in [2.05, 4.69) is 6.92 Å². The lowest BCUT2D eigenvalue weighted by Crippen LogP contribution is -2.43. The van der Waals surface area contributed by atoms with E-state index in [1.54, 1.807) is 16.7 Å². The maximum absolute atomic E-state index is 11.7. The van der Waals surface area contributed by atoms with Crippen LogP contribution in [0.5, 0.6) is 0 Å². The van der Waals surface area contributed by atoms with Gasteiger partial charge in [-0.1, -0.05) is 13.3 Å². The fraction of sp³-hybridized carbons (Fsp3) is 0.909. The Morgan fingerprint density at radius 3 is 3.07 bits per heavy atom. The van der Waals surface area contributed by atoms with Crippen LogP contribution in [-0.2, 0) is 4.79 Å². The quantitative estimate of drug-likeness (QED) is 0.729. The lowest BCUT2D eigenvalue weighted by molar-refractivity contribution is -0.131. The number of unbranched alkanes of at least 4 members (excludes halogenated alkanes) is 1. The molecular weight excluding hydrogens is 210 g/mol. The molecule has 1 aliphatic rings. The number of piperidine rings is 1. The molecule has 1 amide bonds. The van der Waals surface area contributed by atoms with Gasteiger partial charge in [0.15, 0.2) is 0 Å². The molecule has 1 N–H and O–H groups in total. The molecule has 0 aliphatic carbocycles. The van der Waals surface area contributed by atoms with Crippen molar-refractivity contribution in [2.24, 2.45) is 0 Å². The van der Waals surface area contributed by atoms with Gasteiger partial charge in [0.05, 0.1) is 11.9 Å². The lowest BCUT2D eigenvalue weighted by atomic mass is 10.1. The predicted molar refractivity (Wildman–Crippen MR) is 64.1 cm³/mol. The van der Waals surface area contributed by atoms with Crippen LogP contribution in [0, 0.1) is 0 Å². The highest BCUT2D eigenvalue weighted by Crippen LogP contribution is 2.12. The number of rotatable bonds is 5. The van der Waals surface area contributed by atoms with Crippen LogP contribution in [0.1, 0.15) is 32.6 Å². The first-order valence-corrected chi connectivity index (χ1v) is 6.93. The molecule has 1 fully saturated rings. The Morgan fingerprint density at radius 1 is 1.60 bits per heavy atom. The van der Waals surface area contributed by atoms with E-state index in [9.17, 15) is 9.90 Å². The molecule has 0 aromatic rings. The number of β-amino-alcohol motifs (C(OH)–C–C–N with tert-alkyl or cyclic N) is 1. The van der Waals surface area contributed by atoms with E-state index in [0.717, 1.165) is 25.1 Å². The van der Waals surface area contributed by atoms with Crippen LogP contribution >= 0.6 is 11.8 Å². The van der Waals surface area contributed by atoms with Crippen LogP contribution in [0.25, 0.3) is 0 Å². The Bertz CT molecular complexity index is 199. The van der Waals surface area contributed by atoms with E-state index in [4.69, 9.17) is 0 Å². The summed E-state index contributed by atoms with van der Waals surface area (Å²) in [6, 6.07) is 0. The van der Waals surface area contributed by atoms with E-state index in [1.165, 1.54) is 12.8 Å². The van der Waals surface area contributed by atoms with Crippen LogP contribution in [0.3, 0.4) is 0 Å². The zero-order valence-electron chi connectivity index (χ0n) is 9.45. The number of aliphatic hydroxyl groups excluding tert-OH is 1. The molecule has 0 radical (unpaired) electrons. The summed E-state index contributed by atoms with van der Waals surface area (Å²) < 4.78 is 0. The van der Waals surface area contributed by atoms with Gasteiger partial charge in [-0.25, -0.2) is 0 Å². The van der Waals surface area contributed by atoms with Crippen LogP contribution in [-0.4, -0.2) is 46.6 Å². The van der Waals surface area contributed by atoms with Gasteiger partial charge < -0.3 is 10.0 Å². The van der Waals surface area contributed by atoms with Crippen molar-refractivity contribution in [2.75, 3.05) is 24.6 Å². The van der Waals surface area contributed by atoms with E-state index < -0.39 is 0 Å². The third-order valence-electron chi connectivity index (χ3n) is 2.62. The minimum Gasteiger partial charge on any atom is -0.391 e. The van der Waals surface area contributed by atoms with Crippen molar-refractivity contribution in [2.45, 2.75) is 38.7 Å². The number of aliphatic hydroxyl groups is 1. The molecule has 1 aliphatic heterocycles. The number of hydrogen-bond acceptors (Lipinski definition) is 3. The minimum absolute atomic E-state index is 0.190. The average Bonchev–Trinajstić information content (AvgIpc) is 2.24. The summed E-state index contributed by atoms with van der Waals surface area (Å²) >= 11 is 1.71. The standard InChI is InChI=1S/C11H21NO2S/c1-2-3-7-15-9-11(14)12-6-4-5-10(13)8-12/h10,13H,2-9H2,1H3/t10-/m1/s1. The Hall–Kier alpha value is -0.220. The normalized spacial score (nSPS) is 21.7. The van der Waals surface area contributed by atoms with Crippen molar-refractivity contribution < 1.29 is 9.90 Å². The number of amides is 1. The molecule has 88 valence electrons. The highest BCUT2D eigenvalue weighted by atomic mass is 32.2. The molecule has 1 rings (SSSR count). The number of likely N-dealkylation sites (tertiary alicyclic amines) is 1. The zero-order chi connectivity index (χ0) is 11.1. The Balaban J connectivity index is 2.15. The van der Waals surface area contributed by atoms with Gasteiger partial charge in [0.1, 0.15) is 0 Å². The fourth-order valence-corrected chi connectivity index (χ4v) is 2.67. The van der Waals surface area contributed by atoms with Gasteiger partial charge in [0, 0.05) is 13.1 Å². The molecule has 0 unspecified atom stereocenters. The third kappa shape index (κ3) is 4.89. The first-order valence-electron chi connectivity index (χ1n) is 5.77. The van der Waals surface area contributed by atoms with Crippen molar-refractivity contribution in [3.63, 3.8) is 0 Å². The molecular formula is C11H21NO2S. The highest BCUT2D eigenvalue weighted by Gasteiger charge is 2.21. The molecule has 0 aromatic heterocycles. The summed E-state index contributed by atoms with van der Waals surface area (Å²) in [4.78, 5) is 13.5. The summed E-state index contributed by atoms with van der Waals surface area (Å²) in [5, 5.41) is 9.44. The molecule has 0 spiro atoms. The fourth-order valence-electron chi connectivity index (χ4n) is 1.68. The topological polar surface area (TPSA) is 40.5 Å². The SMILES string of the molecule is CCCCSCC(=O)N1CCC[C@@H](O)C1. The molecule has 0 bridgehead atoms. The van der Waals surface area contributed by atoms with Gasteiger partial charge in [-0.2, -0.15) is 11.8 Å². The van der Waals surface area contributed by atoms with Crippen molar-refractivity contribution in [1.82, 2.24) is 4.90 Å². The average molecular weight is 231 g/mol. The minimum atomic E-state index is -0.302. The molecule has 1 heterocycles. The molecule has 15 heavy (non-hydrogen) atoms. The van der Waals surface area contributed by atoms with Crippen LogP contribution < -0.4 is 0 Å². The predicted octanol–water partition coefficient (Wildman–Crippen LogP) is 1.50. The molecule has 3 nitrogen and oxygen atoms in total. The van der Waals surface area contributed by atoms with Gasteiger partial charge in [-0.15, -0.1) is 0 Å². The summed E-state index contributed by atoms with van der Waals surface area (Å²) in [6.07, 6.45) is 3.84. The number of carbonyl (C=O) groups is 1. The van der Waals surface area contributed by atoms with Crippen molar-refractivity contribution in [3.05, 3.63) is 0 Å². The van der Waals surface area contributed by atoms with Gasteiger partial charge in [0.25, 0.3) is 0 Å². The lowest BCUT2D eigenvalue weighted by Gasteiger charge is -2.30. The summed E-state index contributed by atoms with van der Waals surface area (Å²) in [5.74, 6) is 1.83. The molecule has 0 aromatic carbocycles. The number of hydrogen-bond donors (Lipinski definition) is 1. The highest BCUT2D eigenvalue weighted by molar-refractivity contribution is 7.99. The second-order valence-corrected chi connectivity index (χ2v) is 5.15. The second kappa shape index (κ2) is 7.12. The third-order valence-corrected chi connectivity index (χ3v) is 3.65. The number of carbonyl (C=O) groups excluding carboxylic acids is 1. The zero-order valence-corrected chi connectivity index (χ0v) is 10.3. The largest absolute Gasteiger partial charge is 0.391 e. The first-order chi connectivity index (χ1) is 7.24. The summed E-state index contributed by atoms with van der Waals surface area (Å²) in [7, 11) is 0. The van der Waals surface area contributed by atoms with Gasteiger partial charge in [-0.05, 0) is 25.0 Å². The van der Waals surface area contributed by atoms with Crippen molar-refractivity contribution in [3.8, 4) is 0 Å². The van der Waals surface area contributed by atoms with Gasteiger partial charge >= 0.3 is 0 Å². The van der Waals surface area contributed by atoms with E-state index in [0.29, 0.717) is 12.3 Å². The number of nitrogens with zero attached hydrogens (tertiary/aromatic N) is 1. The molecule has 1 atom stereocenters. The maximum Gasteiger partial charge on any atom is 0.232 e. The summed E-state index contributed by atoms with van der Waals surface area (Å²) in [6.45, 7) is 3.51. The number of thioether (sulfide) groups is 1. The molecule has 4 heteroatoms. The van der Waals surface area contributed by atoms with E-state index in [1.807, 2.05) is 0 Å². The van der Waals surface area contributed by atoms with Crippen molar-refractivity contribution >= 4 is 17.7 Å². The van der Waals surface area contributed by atoms with Gasteiger partial charge in [-0.3, -0.25) is 4.79 Å². The smallest absolute Gasteiger partial charge is 0.232 e. The van der Waals surface area contributed by atoms with Crippen LogP contribution in [0.4, 0.5) is 0 Å². The maximum atomic E-state index is 11.7. The van der Waals surface area contributed by atoms with Crippen LogP contribution in [0.2, 0.25) is 0 Å². The monoisotopic (exact) mass is 231 g/mol. The summed E-state index contributed by atoms with van der Waals surface area (Å²) in [5.41, 5.74) is 0. The van der Waals surface area contributed by atoms with E-state index >= 15 is 0 Å². The van der Waals surface area contributed by atoms with Crippen molar-refractivity contribution in [1.29, 1.82) is 0 Å².